The molecular formula is C26H30N4O3. The van der Waals surface area contributed by atoms with Crippen molar-refractivity contribution in [3.63, 3.8) is 0 Å². The summed E-state index contributed by atoms with van der Waals surface area (Å²) in [6, 6.07) is 13.3. The third-order valence-electron chi connectivity index (χ3n) is 6.24. The van der Waals surface area contributed by atoms with Crippen LogP contribution in [0.1, 0.15) is 83.0 Å². The van der Waals surface area contributed by atoms with Crippen LogP contribution in [0, 0.1) is 0 Å². The summed E-state index contributed by atoms with van der Waals surface area (Å²) in [5.41, 5.74) is 2.98. The van der Waals surface area contributed by atoms with Gasteiger partial charge in [-0.05, 0) is 36.5 Å². The van der Waals surface area contributed by atoms with Gasteiger partial charge >= 0.3 is 0 Å². The van der Waals surface area contributed by atoms with E-state index in [4.69, 9.17) is 4.74 Å². The number of nitrogens with zero attached hydrogens (tertiary/aromatic N) is 3. The van der Waals surface area contributed by atoms with Crippen molar-refractivity contribution in [3.05, 3.63) is 83.2 Å². The molecule has 4 rings (SSSR count). The fourth-order valence-electron chi connectivity index (χ4n) is 4.38. The van der Waals surface area contributed by atoms with Crippen LogP contribution in [0.5, 0.6) is 0 Å². The second-order valence-corrected chi connectivity index (χ2v) is 8.28. The Morgan fingerprint density at radius 2 is 1.85 bits per heavy atom. The predicted molar refractivity (Wildman–Crippen MR) is 125 cm³/mol. The zero-order valence-electron chi connectivity index (χ0n) is 19.2. The van der Waals surface area contributed by atoms with Gasteiger partial charge in [-0.2, -0.15) is 0 Å². The lowest BCUT2D eigenvalue weighted by atomic mass is 9.90. The zero-order chi connectivity index (χ0) is 23.2. The van der Waals surface area contributed by atoms with E-state index >= 15 is 0 Å². The number of hydrogen-bond acceptors (Lipinski definition) is 5. The molecule has 1 aromatic carbocycles. The van der Waals surface area contributed by atoms with Crippen LogP contribution < -0.4 is 5.32 Å². The quantitative estimate of drug-likeness (QED) is 0.491. The molecule has 2 aromatic heterocycles. The van der Waals surface area contributed by atoms with E-state index in [0.29, 0.717) is 49.7 Å². The van der Waals surface area contributed by atoms with E-state index in [1.807, 2.05) is 29.7 Å². The Hall–Kier alpha value is -3.32. The number of carbonyl (C=O) groups is 2. The second-order valence-electron chi connectivity index (χ2n) is 8.28. The van der Waals surface area contributed by atoms with E-state index in [1.165, 1.54) is 0 Å². The number of ketones is 1. The van der Waals surface area contributed by atoms with Crippen LogP contribution in [0.15, 0.2) is 54.9 Å². The summed E-state index contributed by atoms with van der Waals surface area (Å²) in [5, 5.41) is 3.04. The molecule has 0 bridgehead atoms. The lowest BCUT2D eigenvalue weighted by Gasteiger charge is -2.21. The number of Topliss-reactive ketones (excluding diaryl/α,β-unsaturated/α-hetero) is 1. The van der Waals surface area contributed by atoms with Crippen molar-refractivity contribution in [1.29, 1.82) is 0 Å². The van der Waals surface area contributed by atoms with Gasteiger partial charge in [0.25, 0.3) is 5.91 Å². The first-order chi connectivity index (χ1) is 16.1. The highest BCUT2D eigenvalue weighted by molar-refractivity contribution is 6.01. The molecular weight excluding hydrogens is 416 g/mol. The Morgan fingerprint density at radius 3 is 2.55 bits per heavy atom. The van der Waals surface area contributed by atoms with E-state index in [9.17, 15) is 9.59 Å². The van der Waals surface area contributed by atoms with Gasteiger partial charge in [-0.1, -0.05) is 44.2 Å². The first-order valence-corrected chi connectivity index (χ1v) is 11.6. The van der Waals surface area contributed by atoms with Crippen molar-refractivity contribution in [2.24, 2.45) is 0 Å². The van der Waals surface area contributed by atoms with E-state index in [-0.39, 0.29) is 23.7 Å². The Balaban J connectivity index is 1.58. The molecule has 172 valence electrons. The van der Waals surface area contributed by atoms with Gasteiger partial charge < -0.3 is 14.6 Å². The maximum atomic E-state index is 13.4. The predicted octanol–water partition coefficient (Wildman–Crippen LogP) is 4.46. The number of amides is 1. The van der Waals surface area contributed by atoms with Gasteiger partial charge in [0, 0.05) is 25.4 Å². The number of rotatable bonds is 9. The molecule has 0 aliphatic carbocycles. The summed E-state index contributed by atoms with van der Waals surface area (Å²) in [6.07, 6.45) is 5.26. The summed E-state index contributed by atoms with van der Waals surface area (Å²) in [5.74, 6) is 0.522. The lowest BCUT2D eigenvalue weighted by molar-refractivity contribution is 0.0780. The first kappa shape index (κ1) is 22.9. The molecule has 0 unspecified atom stereocenters. The third kappa shape index (κ3) is 5.03. The van der Waals surface area contributed by atoms with Gasteiger partial charge in [0.15, 0.2) is 5.78 Å². The highest BCUT2D eigenvalue weighted by atomic mass is 16.5. The Labute approximate surface area is 194 Å². The van der Waals surface area contributed by atoms with Crippen molar-refractivity contribution in [2.75, 3.05) is 6.61 Å². The number of hydrogen-bond donors (Lipinski definition) is 1. The average Bonchev–Trinajstić information content (AvgIpc) is 3.26. The van der Waals surface area contributed by atoms with E-state index in [0.717, 1.165) is 17.7 Å². The Morgan fingerprint density at radius 1 is 1.09 bits per heavy atom. The second kappa shape index (κ2) is 10.5. The average molecular weight is 447 g/mol. The number of fused-ring (bicyclic) bond motifs is 1. The summed E-state index contributed by atoms with van der Waals surface area (Å²) in [7, 11) is 0. The molecule has 3 aromatic rings. The van der Waals surface area contributed by atoms with Crippen LogP contribution in [0.2, 0.25) is 0 Å². The van der Waals surface area contributed by atoms with Gasteiger partial charge in [0.2, 0.25) is 0 Å². The first-order valence-electron chi connectivity index (χ1n) is 11.6. The summed E-state index contributed by atoms with van der Waals surface area (Å²) in [4.78, 5) is 35.2. The molecule has 2 atom stereocenters. The van der Waals surface area contributed by atoms with Crippen molar-refractivity contribution in [1.82, 2.24) is 19.9 Å². The van der Waals surface area contributed by atoms with Gasteiger partial charge in [0.05, 0.1) is 36.2 Å². The van der Waals surface area contributed by atoms with Gasteiger partial charge in [-0.25, -0.2) is 9.97 Å². The standard InChI is InChI=1S/C26H30N4O3/c1-3-18(19-9-6-5-7-10-19)15-24(31)22-16-20(23-17-33-14-13-30(22)23)26(32)29-21(4-2)25-27-11-8-12-28-25/h5-12,16,18,21H,3-4,13-15,17H2,1-2H3,(H,29,32)/t18-,21+/m0/s1. The number of aromatic nitrogens is 3. The summed E-state index contributed by atoms with van der Waals surface area (Å²) in [6.45, 7) is 5.47. The van der Waals surface area contributed by atoms with E-state index < -0.39 is 0 Å². The normalized spacial score (nSPS) is 14.8. The smallest absolute Gasteiger partial charge is 0.253 e. The fourth-order valence-corrected chi connectivity index (χ4v) is 4.38. The molecule has 7 nitrogen and oxygen atoms in total. The van der Waals surface area contributed by atoms with Gasteiger partial charge in [0.1, 0.15) is 5.82 Å². The fraction of sp³-hybridized carbons (Fsp3) is 0.385. The minimum atomic E-state index is -0.305. The van der Waals surface area contributed by atoms with Crippen LogP contribution in [-0.2, 0) is 17.9 Å². The van der Waals surface area contributed by atoms with E-state index in [2.05, 4.69) is 34.3 Å². The minimum absolute atomic E-state index is 0.0475. The molecule has 1 amide bonds. The molecule has 33 heavy (non-hydrogen) atoms. The SMILES string of the molecule is CC[C@@H](CC(=O)c1cc(C(=O)N[C@H](CC)c2ncccn2)c2n1CCOC2)c1ccccc1. The van der Waals surface area contributed by atoms with Crippen LogP contribution in [0.25, 0.3) is 0 Å². The summed E-state index contributed by atoms with van der Waals surface area (Å²) < 4.78 is 7.59. The molecule has 1 aliphatic rings. The Bertz CT molecular complexity index is 1010. The molecule has 0 spiro atoms. The number of benzene rings is 1. The maximum Gasteiger partial charge on any atom is 0.253 e. The van der Waals surface area contributed by atoms with Crippen molar-refractivity contribution < 1.29 is 14.3 Å². The van der Waals surface area contributed by atoms with Crippen molar-refractivity contribution >= 4 is 11.7 Å². The monoisotopic (exact) mass is 446 g/mol. The highest BCUT2D eigenvalue weighted by Crippen LogP contribution is 2.28. The van der Waals surface area contributed by atoms with Gasteiger partial charge in [-0.15, -0.1) is 0 Å². The molecule has 0 saturated heterocycles. The lowest BCUT2D eigenvalue weighted by Crippen LogP contribution is -2.30. The van der Waals surface area contributed by atoms with Crippen molar-refractivity contribution in [3.8, 4) is 0 Å². The third-order valence-corrected chi connectivity index (χ3v) is 6.24. The summed E-state index contributed by atoms with van der Waals surface area (Å²) >= 11 is 0. The van der Waals surface area contributed by atoms with Gasteiger partial charge in [-0.3, -0.25) is 9.59 Å². The van der Waals surface area contributed by atoms with Crippen LogP contribution in [-0.4, -0.2) is 32.8 Å². The maximum absolute atomic E-state index is 13.4. The topological polar surface area (TPSA) is 86.1 Å². The number of ether oxygens (including phenoxy) is 1. The van der Waals surface area contributed by atoms with Crippen LogP contribution >= 0.6 is 0 Å². The van der Waals surface area contributed by atoms with Crippen LogP contribution in [0.4, 0.5) is 0 Å². The Kier molecular flexibility index (Phi) is 7.29. The van der Waals surface area contributed by atoms with Crippen molar-refractivity contribution in [2.45, 2.75) is 58.2 Å². The molecule has 1 aliphatic heterocycles. The largest absolute Gasteiger partial charge is 0.373 e. The molecule has 1 N–H and O–H groups in total. The van der Waals surface area contributed by atoms with E-state index in [1.54, 1.807) is 24.5 Å². The number of carbonyl (C=O) groups excluding carboxylic acids is 2. The highest BCUT2D eigenvalue weighted by Gasteiger charge is 2.28. The molecule has 0 radical (unpaired) electrons. The molecule has 7 heteroatoms. The van der Waals surface area contributed by atoms with Crippen LogP contribution in [0.3, 0.4) is 0 Å². The zero-order valence-corrected chi connectivity index (χ0v) is 19.2. The minimum Gasteiger partial charge on any atom is -0.373 e. The molecule has 0 fully saturated rings. The number of nitrogens with one attached hydrogen (secondary N) is 1. The molecule has 0 saturated carbocycles. The molecule has 3 heterocycles.